The van der Waals surface area contributed by atoms with Crippen molar-refractivity contribution in [1.29, 1.82) is 0 Å². The number of amides is 1. The van der Waals surface area contributed by atoms with E-state index in [1.807, 2.05) is 23.7 Å². The number of morpholine rings is 1. The minimum Gasteiger partial charge on any atom is -0.378 e. The minimum atomic E-state index is -0.109. The van der Waals surface area contributed by atoms with Crippen LogP contribution < -0.4 is 9.80 Å². The number of imidazole rings is 1. The van der Waals surface area contributed by atoms with Gasteiger partial charge in [0.15, 0.2) is 0 Å². The molecule has 0 atom stereocenters. The lowest BCUT2D eigenvalue weighted by molar-refractivity contribution is 0.0985. The lowest BCUT2D eigenvalue weighted by Gasteiger charge is -2.28. The number of hydrogen-bond donors (Lipinski definition) is 0. The minimum absolute atomic E-state index is 0.109. The van der Waals surface area contributed by atoms with E-state index in [1.54, 1.807) is 30.5 Å². The molecule has 0 N–H and O–H groups in total. The van der Waals surface area contributed by atoms with Gasteiger partial charge in [-0.3, -0.25) is 9.78 Å². The van der Waals surface area contributed by atoms with E-state index >= 15 is 0 Å². The molecule has 0 bridgehead atoms. The number of anilines is 2. The molecule has 1 aliphatic heterocycles. The highest BCUT2D eigenvalue weighted by molar-refractivity contribution is 6.04. The van der Waals surface area contributed by atoms with Gasteiger partial charge in [-0.15, -0.1) is 0 Å². The third kappa shape index (κ3) is 2.67. The average Bonchev–Trinajstić information content (AvgIpc) is 2.96. The fourth-order valence-corrected chi connectivity index (χ4v) is 2.50. The lowest BCUT2D eigenvalue weighted by atomic mass is 10.3. The molecule has 22 heavy (non-hydrogen) atoms. The van der Waals surface area contributed by atoms with Crippen molar-refractivity contribution in [3.05, 3.63) is 36.4 Å². The van der Waals surface area contributed by atoms with E-state index in [9.17, 15) is 4.79 Å². The smallest absolute Gasteiger partial charge is 0.276 e. The van der Waals surface area contributed by atoms with Crippen LogP contribution in [0.2, 0.25) is 0 Å². The predicted molar refractivity (Wildman–Crippen MR) is 83.2 cm³/mol. The summed E-state index contributed by atoms with van der Waals surface area (Å²) < 4.78 is 7.18. The van der Waals surface area contributed by atoms with Crippen LogP contribution in [0, 0.1) is 0 Å². The number of carbonyl (C=O) groups is 1. The molecule has 116 valence electrons. The third-order valence-electron chi connectivity index (χ3n) is 3.81. The Morgan fingerprint density at radius 1 is 1.32 bits per heavy atom. The van der Waals surface area contributed by atoms with Crippen LogP contribution >= 0.6 is 0 Å². The molecule has 1 amide bonds. The normalized spacial score (nSPS) is 14.9. The summed E-state index contributed by atoms with van der Waals surface area (Å²) in [6.07, 6.45) is 4.97. The first kappa shape index (κ1) is 14.5. The van der Waals surface area contributed by atoms with Crippen molar-refractivity contribution < 1.29 is 9.53 Å². The Morgan fingerprint density at radius 3 is 2.77 bits per heavy atom. The van der Waals surface area contributed by atoms with Gasteiger partial charge < -0.3 is 19.1 Å². The topological polar surface area (TPSA) is 63.5 Å². The van der Waals surface area contributed by atoms with Gasteiger partial charge in [-0.1, -0.05) is 0 Å². The monoisotopic (exact) mass is 301 g/mol. The fraction of sp³-hybridized carbons (Fsp3) is 0.400. The highest BCUT2D eigenvalue weighted by Gasteiger charge is 2.22. The van der Waals surface area contributed by atoms with E-state index in [1.165, 1.54) is 0 Å². The summed E-state index contributed by atoms with van der Waals surface area (Å²) in [4.78, 5) is 24.8. The van der Waals surface area contributed by atoms with E-state index in [0.717, 1.165) is 24.7 Å². The summed E-state index contributed by atoms with van der Waals surface area (Å²) in [5.41, 5.74) is 1.30. The predicted octanol–water partition coefficient (Wildman–Crippen LogP) is 0.928. The van der Waals surface area contributed by atoms with E-state index < -0.39 is 0 Å². The van der Waals surface area contributed by atoms with Crippen LogP contribution in [0.4, 0.5) is 11.6 Å². The second-order valence-corrected chi connectivity index (χ2v) is 5.18. The van der Waals surface area contributed by atoms with E-state index in [2.05, 4.69) is 14.9 Å². The number of aromatic nitrogens is 3. The first-order chi connectivity index (χ1) is 10.7. The molecule has 0 spiro atoms. The van der Waals surface area contributed by atoms with Crippen LogP contribution in [0.25, 0.3) is 0 Å². The van der Waals surface area contributed by atoms with Gasteiger partial charge in [-0.25, -0.2) is 4.98 Å². The van der Waals surface area contributed by atoms with Crippen molar-refractivity contribution in [1.82, 2.24) is 14.5 Å². The standard InChI is InChI=1S/C15H19N5O2/c1-18(12-4-3-5-16-10-12)14(21)13-11-17-15(19(13)2)20-6-8-22-9-7-20/h3-5,10-11H,6-9H2,1-2H3. The molecule has 3 heterocycles. The zero-order valence-electron chi connectivity index (χ0n) is 12.8. The zero-order chi connectivity index (χ0) is 15.5. The van der Waals surface area contributed by atoms with E-state index in [4.69, 9.17) is 4.74 Å². The zero-order valence-corrected chi connectivity index (χ0v) is 12.8. The highest BCUT2D eigenvalue weighted by Crippen LogP contribution is 2.18. The third-order valence-corrected chi connectivity index (χ3v) is 3.81. The Kier molecular flexibility index (Phi) is 4.06. The van der Waals surface area contributed by atoms with Crippen molar-refractivity contribution >= 4 is 17.5 Å². The summed E-state index contributed by atoms with van der Waals surface area (Å²) in [5.74, 6) is 0.689. The quantitative estimate of drug-likeness (QED) is 0.844. The first-order valence-electron chi connectivity index (χ1n) is 7.21. The SMILES string of the molecule is CN(C(=O)c1cnc(N2CCOCC2)n1C)c1cccnc1. The lowest BCUT2D eigenvalue weighted by Crippen LogP contribution is -2.38. The molecule has 0 aromatic carbocycles. The van der Waals surface area contributed by atoms with Crippen LogP contribution in [0.3, 0.4) is 0 Å². The molecule has 1 fully saturated rings. The maximum atomic E-state index is 12.7. The molecule has 2 aromatic heterocycles. The van der Waals surface area contributed by atoms with E-state index in [0.29, 0.717) is 18.9 Å². The molecule has 1 aliphatic rings. The number of carbonyl (C=O) groups excluding carboxylic acids is 1. The van der Waals surface area contributed by atoms with Gasteiger partial charge in [0, 0.05) is 33.4 Å². The van der Waals surface area contributed by atoms with Crippen LogP contribution in [0.15, 0.2) is 30.7 Å². The van der Waals surface area contributed by atoms with Crippen LogP contribution in [-0.2, 0) is 11.8 Å². The van der Waals surface area contributed by atoms with Crippen LogP contribution in [-0.4, -0.2) is 53.8 Å². The Balaban J connectivity index is 1.83. The van der Waals surface area contributed by atoms with Crippen molar-refractivity contribution in [3.8, 4) is 0 Å². The largest absolute Gasteiger partial charge is 0.378 e. The second-order valence-electron chi connectivity index (χ2n) is 5.18. The van der Waals surface area contributed by atoms with Crippen molar-refractivity contribution in [2.75, 3.05) is 43.2 Å². The Bertz CT molecular complexity index is 649. The number of pyridine rings is 1. The maximum Gasteiger partial charge on any atom is 0.276 e. The number of rotatable bonds is 3. The highest BCUT2D eigenvalue weighted by atomic mass is 16.5. The van der Waals surface area contributed by atoms with Gasteiger partial charge in [0.2, 0.25) is 5.95 Å². The van der Waals surface area contributed by atoms with E-state index in [-0.39, 0.29) is 5.91 Å². The van der Waals surface area contributed by atoms with Gasteiger partial charge in [0.1, 0.15) is 5.69 Å². The fourth-order valence-electron chi connectivity index (χ4n) is 2.50. The summed E-state index contributed by atoms with van der Waals surface area (Å²) in [5, 5.41) is 0. The molecule has 7 nitrogen and oxygen atoms in total. The Hall–Kier alpha value is -2.41. The van der Waals surface area contributed by atoms with Crippen molar-refractivity contribution in [2.45, 2.75) is 0 Å². The Morgan fingerprint density at radius 2 is 2.09 bits per heavy atom. The van der Waals surface area contributed by atoms with Gasteiger partial charge in [0.25, 0.3) is 5.91 Å². The van der Waals surface area contributed by atoms with Crippen molar-refractivity contribution in [3.63, 3.8) is 0 Å². The molecule has 2 aromatic rings. The molecule has 3 rings (SSSR count). The average molecular weight is 301 g/mol. The maximum absolute atomic E-state index is 12.7. The van der Waals surface area contributed by atoms with Gasteiger partial charge >= 0.3 is 0 Å². The number of ether oxygens (including phenoxy) is 1. The molecule has 0 aliphatic carbocycles. The number of hydrogen-bond acceptors (Lipinski definition) is 5. The van der Waals surface area contributed by atoms with Crippen LogP contribution in [0.5, 0.6) is 0 Å². The number of nitrogens with zero attached hydrogens (tertiary/aromatic N) is 5. The summed E-state index contributed by atoms with van der Waals surface area (Å²) >= 11 is 0. The molecule has 1 saturated heterocycles. The Labute approximate surface area is 129 Å². The molecular weight excluding hydrogens is 282 g/mol. The molecule has 7 heteroatoms. The molecular formula is C15H19N5O2. The molecule has 0 saturated carbocycles. The summed E-state index contributed by atoms with van der Waals surface area (Å²) in [7, 11) is 3.60. The van der Waals surface area contributed by atoms with Gasteiger partial charge in [-0.2, -0.15) is 0 Å². The van der Waals surface area contributed by atoms with Gasteiger partial charge in [0.05, 0.1) is 31.3 Å². The first-order valence-corrected chi connectivity index (χ1v) is 7.21. The van der Waals surface area contributed by atoms with Crippen LogP contribution in [0.1, 0.15) is 10.5 Å². The second kappa shape index (κ2) is 6.15. The molecule has 0 radical (unpaired) electrons. The summed E-state index contributed by atoms with van der Waals surface area (Å²) in [6.45, 7) is 2.95. The van der Waals surface area contributed by atoms with Gasteiger partial charge in [-0.05, 0) is 12.1 Å². The van der Waals surface area contributed by atoms with Crippen molar-refractivity contribution in [2.24, 2.45) is 7.05 Å². The molecule has 0 unspecified atom stereocenters. The summed E-state index contributed by atoms with van der Waals surface area (Å²) in [6, 6.07) is 3.66.